The molecule has 2 aromatic rings. The van der Waals surface area contributed by atoms with Crippen LogP contribution in [-0.4, -0.2) is 38.9 Å². The molecule has 132 valence electrons. The van der Waals surface area contributed by atoms with Gasteiger partial charge in [0.25, 0.3) is 5.91 Å². The number of aromatic carboxylic acids is 1. The van der Waals surface area contributed by atoms with E-state index < -0.39 is 23.9 Å². The van der Waals surface area contributed by atoms with Gasteiger partial charge in [-0.25, -0.2) is 14.8 Å². The molecule has 0 radical (unpaired) electrons. The molecule has 0 spiro atoms. The molecule has 2 rings (SSSR count). The van der Waals surface area contributed by atoms with Gasteiger partial charge in [0.15, 0.2) is 0 Å². The van der Waals surface area contributed by atoms with Crippen molar-refractivity contribution in [1.29, 1.82) is 0 Å². The molecule has 0 saturated heterocycles. The number of carbonyl (C=O) groups is 2. The van der Waals surface area contributed by atoms with Crippen LogP contribution in [0.1, 0.15) is 37.9 Å². The molecule has 0 bridgehead atoms. The Morgan fingerprint density at radius 2 is 1.76 bits per heavy atom. The zero-order chi connectivity index (χ0) is 18.8. The Labute approximate surface area is 140 Å². The normalized spacial score (nSPS) is 11.2. The molecular weight excluding hydrogens is 339 g/mol. The molecule has 0 aliphatic carbocycles. The summed E-state index contributed by atoms with van der Waals surface area (Å²) in [4.78, 5) is 30.9. The molecule has 1 aromatic carbocycles. The van der Waals surface area contributed by atoms with E-state index in [0.29, 0.717) is 5.56 Å². The zero-order valence-electron chi connectivity index (χ0n) is 13.3. The van der Waals surface area contributed by atoms with Crippen LogP contribution in [0.25, 0.3) is 0 Å². The maximum atomic E-state index is 12.8. The highest BCUT2D eigenvalue weighted by atomic mass is 19.4. The van der Waals surface area contributed by atoms with Crippen LogP contribution in [0.4, 0.5) is 13.2 Å². The summed E-state index contributed by atoms with van der Waals surface area (Å²) in [5.41, 5.74) is 0.399. The Morgan fingerprint density at radius 1 is 1.16 bits per heavy atom. The molecule has 1 heterocycles. The summed E-state index contributed by atoms with van der Waals surface area (Å²) < 4.78 is 38.3. The van der Waals surface area contributed by atoms with Crippen LogP contribution in [0.5, 0.6) is 0 Å². The summed E-state index contributed by atoms with van der Waals surface area (Å²) in [6.07, 6.45) is -4.74. The van der Waals surface area contributed by atoms with Crippen molar-refractivity contribution in [2.24, 2.45) is 0 Å². The van der Waals surface area contributed by atoms with Gasteiger partial charge < -0.3 is 10.0 Å². The highest BCUT2D eigenvalue weighted by molar-refractivity contribution is 5.92. The molecule has 9 heteroatoms. The van der Waals surface area contributed by atoms with E-state index in [0.717, 1.165) is 0 Å². The molecule has 0 fully saturated rings. The van der Waals surface area contributed by atoms with E-state index in [-0.39, 0.29) is 23.5 Å². The number of benzene rings is 1. The number of carboxylic acid groups (broad SMARTS) is 1. The van der Waals surface area contributed by atoms with Crippen LogP contribution in [0.2, 0.25) is 0 Å². The summed E-state index contributed by atoms with van der Waals surface area (Å²) in [6, 6.07) is 7.00. The van der Waals surface area contributed by atoms with E-state index >= 15 is 0 Å². The Morgan fingerprint density at radius 3 is 2.28 bits per heavy atom. The van der Waals surface area contributed by atoms with Gasteiger partial charge in [-0.1, -0.05) is 12.1 Å². The molecule has 0 aliphatic heterocycles. The van der Waals surface area contributed by atoms with Crippen molar-refractivity contribution >= 4 is 11.9 Å². The van der Waals surface area contributed by atoms with Gasteiger partial charge >= 0.3 is 12.1 Å². The minimum Gasteiger partial charge on any atom is -0.478 e. The fourth-order valence-corrected chi connectivity index (χ4v) is 2.10. The van der Waals surface area contributed by atoms with Gasteiger partial charge in [-0.15, -0.1) is 0 Å². The first kappa shape index (κ1) is 18.4. The summed E-state index contributed by atoms with van der Waals surface area (Å²) in [7, 11) is 1.41. The van der Waals surface area contributed by atoms with Crippen LogP contribution in [0, 0.1) is 6.92 Å². The minimum atomic E-state index is -4.74. The first-order chi connectivity index (χ1) is 11.6. The number of aromatic nitrogens is 2. The molecule has 0 atom stereocenters. The van der Waals surface area contributed by atoms with Crippen molar-refractivity contribution in [1.82, 2.24) is 14.9 Å². The third kappa shape index (κ3) is 4.52. The van der Waals surface area contributed by atoms with Crippen molar-refractivity contribution in [3.05, 3.63) is 58.7 Å². The van der Waals surface area contributed by atoms with Crippen molar-refractivity contribution in [3.8, 4) is 0 Å². The molecule has 6 nitrogen and oxygen atoms in total. The van der Waals surface area contributed by atoms with Crippen molar-refractivity contribution in [3.63, 3.8) is 0 Å². The van der Waals surface area contributed by atoms with Gasteiger partial charge in [-0.2, -0.15) is 13.2 Å². The SMILES string of the molecule is Cc1cc(C(=O)N(C)Cc2ccc(C(=O)O)cc2)nc(C(F)(F)F)n1. The van der Waals surface area contributed by atoms with Crippen LogP contribution in [0.3, 0.4) is 0 Å². The van der Waals surface area contributed by atoms with Gasteiger partial charge in [0.05, 0.1) is 5.56 Å². The van der Waals surface area contributed by atoms with Crippen LogP contribution < -0.4 is 0 Å². The average Bonchev–Trinajstić information content (AvgIpc) is 2.53. The lowest BCUT2D eigenvalue weighted by Gasteiger charge is -2.18. The molecule has 0 unspecified atom stereocenters. The van der Waals surface area contributed by atoms with Crippen LogP contribution in [-0.2, 0) is 12.7 Å². The molecule has 0 aliphatic rings. The van der Waals surface area contributed by atoms with Gasteiger partial charge in [0, 0.05) is 19.3 Å². The number of hydrogen-bond donors (Lipinski definition) is 1. The monoisotopic (exact) mass is 353 g/mol. The Hall–Kier alpha value is -2.97. The highest BCUT2D eigenvalue weighted by Gasteiger charge is 2.35. The fraction of sp³-hybridized carbons (Fsp3) is 0.250. The minimum absolute atomic E-state index is 0.0323. The van der Waals surface area contributed by atoms with Crippen molar-refractivity contribution in [2.45, 2.75) is 19.6 Å². The highest BCUT2D eigenvalue weighted by Crippen LogP contribution is 2.26. The molecular formula is C16H14F3N3O3. The number of alkyl halides is 3. The van der Waals surface area contributed by atoms with Gasteiger partial charge in [0.2, 0.25) is 5.82 Å². The second-order valence-electron chi connectivity index (χ2n) is 5.38. The second-order valence-corrected chi connectivity index (χ2v) is 5.38. The van der Waals surface area contributed by atoms with E-state index in [4.69, 9.17) is 5.11 Å². The Bertz CT molecular complexity index is 805. The summed E-state index contributed by atoms with van der Waals surface area (Å²) in [5, 5.41) is 8.84. The predicted molar refractivity (Wildman–Crippen MR) is 81.0 cm³/mol. The van der Waals surface area contributed by atoms with E-state index in [9.17, 15) is 22.8 Å². The van der Waals surface area contributed by atoms with E-state index in [1.807, 2.05) is 0 Å². The molecule has 1 N–H and O–H groups in total. The number of carboxylic acids is 1. The smallest absolute Gasteiger partial charge is 0.451 e. The first-order valence-electron chi connectivity index (χ1n) is 7.08. The molecule has 1 aromatic heterocycles. The third-order valence-corrected chi connectivity index (χ3v) is 3.29. The molecule has 0 saturated carbocycles. The zero-order valence-corrected chi connectivity index (χ0v) is 13.3. The number of hydrogen-bond acceptors (Lipinski definition) is 4. The maximum absolute atomic E-state index is 12.8. The lowest BCUT2D eigenvalue weighted by atomic mass is 10.1. The fourth-order valence-electron chi connectivity index (χ4n) is 2.10. The predicted octanol–water partition coefficient (Wildman–Crippen LogP) is 2.77. The number of halogens is 3. The van der Waals surface area contributed by atoms with Crippen LogP contribution >= 0.6 is 0 Å². The number of amides is 1. The number of carbonyl (C=O) groups excluding carboxylic acids is 1. The van der Waals surface area contributed by atoms with E-state index in [1.54, 1.807) is 0 Å². The lowest BCUT2D eigenvalue weighted by molar-refractivity contribution is -0.145. The topological polar surface area (TPSA) is 83.4 Å². The summed E-state index contributed by atoms with van der Waals surface area (Å²) in [5.74, 6) is -3.14. The van der Waals surface area contributed by atoms with Crippen LogP contribution in [0.15, 0.2) is 30.3 Å². The largest absolute Gasteiger partial charge is 0.478 e. The van der Waals surface area contributed by atoms with E-state index in [1.165, 1.54) is 49.2 Å². The second kappa shape index (κ2) is 6.88. The van der Waals surface area contributed by atoms with Gasteiger partial charge in [-0.05, 0) is 30.7 Å². The standard InChI is InChI=1S/C16H14F3N3O3/c1-9-7-12(21-15(20-9)16(17,18)19)13(23)22(2)8-10-3-5-11(6-4-10)14(24)25/h3-7H,8H2,1-2H3,(H,24,25). The summed E-state index contributed by atoms with van der Waals surface area (Å²) in [6.45, 7) is 1.43. The number of rotatable bonds is 4. The van der Waals surface area contributed by atoms with Gasteiger partial charge in [0.1, 0.15) is 5.69 Å². The van der Waals surface area contributed by atoms with Gasteiger partial charge in [-0.3, -0.25) is 4.79 Å². The number of nitrogens with zero attached hydrogens (tertiary/aromatic N) is 3. The van der Waals surface area contributed by atoms with Crippen molar-refractivity contribution in [2.75, 3.05) is 7.05 Å². The summed E-state index contributed by atoms with van der Waals surface area (Å²) >= 11 is 0. The quantitative estimate of drug-likeness (QED) is 0.914. The maximum Gasteiger partial charge on any atom is 0.451 e. The lowest BCUT2D eigenvalue weighted by Crippen LogP contribution is -2.28. The first-order valence-corrected chi connectivity index (χ1v) is 7.08. The average molecular weight is 353 g/mol. The van der Waals surface area contributed by atoms with E-state index in [2.05, 4.69) is 9.97 Å². The number of aryl methyl sites for hydroxylation is 1. The molecule has 1 amide bonds. The Balaban J connectivity index is 2.19. The molecule has 25 heavy (non-hydrogen) atoms. The third-order valence-electron chi connectivity index (χ3n) is 3.29. The van der Waals surface area contributed by atoms with Crippen molar-refractivity contribution < 1.29 is 27.9 Å². The Kier molecular flexibility index (Phi) is 5.05.